The first-order valence-electron chi connectivity index (χ1n) is 6.77. The Morgan fingerprint density at radius 1 is 1.45 bits per heavy atom. The molecule has 1 aliphatic rings. The molecular weight excluding hydrogens is 274 g/mol. The van der Waals surface area contributed by atoms with E-state index in [9.17, 15) is 4.79 Å². The Morgan fingerprint density at radius 2 is 2.30 bits per heavy atom. The quantitative estimate of drug-likeness (QED) is 0.920. The van der Waals surface area contributed by atoms with Gasteiger partial charge in [-0.05, 0) is 44.6 Å². The fourth-order valence-electron chi connectivity index (χ4n) is 2.77. The van der Waals surface area contributed by atoms with E-state index in [0.29, 0.717) is 0 Å². The van der Waals surface area contributed by atoms with Crippen LogP contribution in [0.4, 0.5) is 0 Å². The molecule has 1 N–H and O–H groups in total. The summed E-state index contributed by atoms with van der Waals surface area (Å²) in [6.45, 7) is 4.61. The van der Waals surface area contributed by atoms with Crippen molar-refractivity contribution in [3.8, 4) is 0 Å². The van der Waals surface area contributed by atoms with Crippen LogP contribution in [0.1, 0.15) is 52.1 Å². The van der Waals surface area contributed by atoms with E-state index in [2.05, 4.69) is 19.6 Å². The van der Waals surface area contributed by atoms with Gasteiger partial charge in [0.15, 0.2) is 0 Å². The highest BCUT2D eigenvalue weighted by Gasteiger charge is 2.32. The number of aryl methyl sites for hydroxylation is 2. The van der Waals surface area contributed by atoms with Gasteiger partial charge in [0.05, 0.1) is 17.3 Å². The number of aromatic nitrogens is 4. The maximum atomic E-state index is 12.8. The Bertz CT molecular complexity index is 587. The molecule has 1 atom stereocenters. The second-order valence-corrected chi connectivity index (χ2v) is 6.06. The third-order valence-corrected chi connectivity index (χ3v) is 4.60. The molecule has 0 bridgehead atoms. The van der Waals surface area contributed by atoms with E-state index >= 15 is 0 Å². The van der Waals surface area contributed by atoms with Crippen LogP contribution in [-0.2, 0) is 0 Å². The van der Waals surface area contributed by atoms with Gasteiger partial charge >= 0.3 is 0 Å². The van der Waals surface area contributed by atoms with Crippen LogP contribution in [0.25, 0.3) is 0 Å². The van der Waals surface area contributed by atoms with Gasteiger partial charge in [0.1, 0.15) is 12.2 Å². The van der Waals surface area contributed by atoms with Crippen LogP contribution in [0.5, 0.6) is 0 Å². The number of carbonyl (C=O) groups is 1. The molecule has 6 nitrogen and oxygen atoms in total. The van der Waals surface area contributed by atoms with Gasteiger partial charge < -0.3 is 4.90 Å². The maximum Gasteiger partial charge on any atom is 0.257 e. The van der Waals surface area contributed by atoms with Crippen LogP contribution >= 0.6 is 11.5 Å². The van der Waals surface area contributed by atoms with E-state index in [-0.39, 0.29) is 11.9 Å². The third-order valence-electron chi connectivity index (χ3n) is 3.76. The van der Waals surface area contributed by atoms with E-state index in [1.807, 2.05) is 18.7 Å². The molecule has 1 unspecified atom stereocenters. The highest BCUT2D eigenvalue weighted by molar-refractivity contribution is 7.06. The number of aromatic amines is 1. The molecule has 1 saturated heterocycles. The summed E-state index contributed by atoms with van der Waals surface area (Å²) in [5, 5.41) is 6.80. The zero-order valence-electron chi connectivity index (χ0n) is 11.6. The molecule has 7 heteroatoms. The van der Waals surface area contributed by atoms with Gasteiger partial charge in [0, 0.05) is 11.4 Å². The Hall–Kier alpha value is -1.76. The second-order valence-electron chi connectivity index (χ2n) is 5.08. The fourth-order valence-corrected chi connectivity index (χ4v) is 3.46. The molecule has 0 radical (unpaired) electrons. The molecule has 0 saturated carbocycles. The number of rotatable bonds is 2. The lowest BCUT2D eigenvalue weighted by Gasteiger charge is -2.34. The summed E-state index contributed by atoms with van der Waals surface area (Å²) in [6.07, 6.45) is 4.56. The SMILES string of the molecule is Cc1nsc(C)c1C(=O)N1CCCCC1c1ncn[nH]1. The van der Waals surface area contributed by atoms with Gasteiger partial charge in [-0.15, -0.1) is 0 Å². The van der Waals surface area contributed by atoms with Gasteiger partial charge in [-0.3, -0.25) is 9.89 Å². The van der Waals surface area contributed by atoms with Crippen molar-refractivity contribution in [1.82, 2.24) is 24.5 Å². The van der Waals surface area contributed by atoms with Crippen molar-refractivity contribution in [2.24, 2.45) is 0 Å². The van der Waals surface area contributed by atoms with Crippen molar-refractivity contribution in [1.29, 1.82) is 0 Å². The number of hydrogen-bond acceptors (Lipinski definition) is 5. The molecule has 3 heterocycles. The van der Waals surface area contributed by atoms with Gasteiger partial charge in [0.25, 0.3) is 5.91 Å². The third kappa shape index (κ3) is 2.22. The summed E-state index contributed by atoms with van der Waals surface area (Å²) in [6, 6.07) is -0.00236. The van der Waals surface area contributed by atoms with Crippen LogP contribution in [0.3, 0.4) is 0 Å². The van der Waals surface area contributed by atoms with Crippen LogP contribution in [0.15, 0.2) is 6.33 Å². The lowest BCUT2D eigenvalue weighted by Crippen LogP contribution is -2.39. The number of nitrogens with one attached hydrogen (secondary N) is 1. The van der Waals surface area contributed by atoms with Crippen LogP contribution < -0.4 is 0 Å². The first-order valence-corrected chi connectivity index (χ1v) is 7.55. The minimum atomic E-state index is -0.00236. The molecule has 1 aliphatic heterocycles. The molecular formula is C13H17N5OS. The standard InChI is InChI=1S/C13H17N5OS/c1-8-11(9(2)20-17-8)13(19)18-6-4-3-5-10(18)12-14-7-15-16-12/h7,10H,3-6H2,1-2H3,(H,14,15,16). The van der Waals surface area contributed by atoms with Crippen molar-refractivity contribution >= 4 is 17.4 Å². The summed E-state index contributed by atoms with van der Waals surface area (Å²) < 4.78 is 4.28. The largest absolute Gasteiger partial charge is 0.328 e. The number of nitrogens with zero attached hydrogens (tertiary/aromatic N) is 4. The highest BCUT2D eigenvalue weighted by atomic mass is 32.1. The van der Waals surface area contributed by atoms with Gasteiger partial charge in [-0.25, -0.2) is 4.98 Å². The van der Waals surface area contributed by atoms with Crippen molar-refractivity contribution in [3.63, 3.8) is 0 Å². The first-order chi connectivity index (χ1) is 9.68. The van der Waals surface area contributed by atoms with Gasteiger partial charge in [-0.1, -0.05) is 0 Å². The van der Waals surface area contributed by atoms with E-state index in [1.54, 1.807) is 0 Å². The van der Waals surface area contributed by atoms with Crippen molar-refractivity contribution in [3.05, 3.63) is 28.3 Å². The van der Waals surface area contributed by atoms with Crippen molar-refractivity contribution in [2.45, 2.75) is 39.2 Å². The first kappa shape index (κ1) is 13.2. The van der Waals surface area contributed by atoms with E-state index in [0.717, 1.165) is 47.8 Å². The molecule has 0 spiro atoms. The van der Waals surface area contributed by atoms with Crippen LogP contribution in [0, 0.1) is 13.8 Å². The topological polar surface area (TPSA) is 74.8 Å². The predicted octanol–water partition coefficient (Wildman–Crippen LogP) is 2.25. The van der Waals surface area contributed by atoms with Crippen LogP contribution in [0.2, 0.25) is 0 Å². The zero-order chi connectivity index (χ0) is 14.1. The molecule has 1 amide bonds. The van der Waals surface area contributed by atoms with Crippen molar-refractivity contribution in [2.75, 3.05) is 6.54 Å². The Balaban J connectivity index is 1.92. The normalized spacial score (nSPS) is 19.3. The summed E-state index contributed by atoms with van der Waals surface area (Å²) in [5.41, 5.74) is 1.57. The minimum Gasteiger partial charge on any atom is -0.328 e. The minimum absolute atomic E-state index is 0.00236. The second kappa shape index (κ2) is 5.32. The molecule has 1 fully saturated rings. The average molecular weight is 291 g/mol. The Morgan fingerprint density at radius 3 is 2.95 bits per heavy atom. The smallest absolute Gasteiger partial charge is 0.257 e. The number of carbonyl (C=O) groups excluding carboxylic acids is 1. The number of H-pyrrole nitrogens is 1. The van der Waals surface area contributed by atoms with E-state index < -0.39 is 0 Å². The number of amides is 1. The lowest BCUT2D eigenvalue weighted by atomic mass is 10.00. The maximum absolute atomic E-state index is 12.8. The molecule has 0 aromatic carbocycles. The number of likely N-dealkylation sites (tertiary alicyclic amines) is 1. The summed E-state index contributed by atoms with van der Waals surface area (Å²) in [5.74, 6) is 0.839. The molecule has 20 heavy (non-hydrogen) atoms. The summed E-state index contributed by atoms with van der Waals surface area (Å²) >= 11 is 1.39. The highest BCUT2D eigenvalue weighted by Crippen LogP contribution is 2.31. The summed E-state index contributed by atoms with van der Waals surface area (Å²) in [4.78, 5) is 20.0. The van der Waals surface area contributed by atoms with Crippen molar-refractivity contribution < 1.29 is 4.79 Å². The number of piperidine rings is 1. The Labute approximate surface area is 121 Å². The van der Waals surface area contributed by atoms with Gasteiger partial charge in [0.2, 0.25) is 0 Å². The zero-order valence-corrected chi connectivity index (χ0v) is 12.4. The molecule has 0 aliphatic carbocycles. The monoisotopic (exact) mass is 291 g/mol. The van der Waals surface area contributed by atoms with Gasteiger partial charge in [-0.2, -0.15) is 9.47 Å². The molecule has 2 aromatic rings. The predicted molar refractivity (Wildman–Crippen MR) is 75.6 cm³/mol. The molecule has 106 valence electrons. The summed E-state index contributed by atoms with van der Waals surface area (Å²) in [7, 11) is 0. The van der Waals surface area contributed by atoms with E-state index in [1.165, 1.54) is 17.9 Å². The Kier molecular flexibility index (Phi) is 3.52. The van der Waals surface area contributed by atoms with E-state index in [4.69, 9.17) is 0 Å². The lowest BCUT2D eigenvalue weighted by molar-refractivity contribution is 0.0599. The number of hydrogen-bond donors (Lipinski definition) is 1. The van der Waals surface area contributed by atoms with Crippen LogP contribution in [-0.4, -0.2) is 36.9 Å². The molecule has 2 aromatic heterocycles. The fraction of sp³-hybridized carbons (Fsp3) is 0.538. The average Bonchev–Trinajstić information content (AvgIpc) is 3.09. The molecule has 3 rings (SSSR count).